The zero-order valence-electron chi connectivity index (χ0n) is 18.5. The number of aryl methyl sites for hydroxylation is 2. The second-order valence-electron chi connectivity index (χ2n) is 8.69. The minimum Gasteiger partial charge on any atom is -0.338 e. The van der Waals surface area contributed by atoms with Crippen molar-refractivity contribution in [2.24, 2.45) is 13.0 Å². The number of thiophene rings is 1. The number of nitrogens with one attached hydrogen (secondary N) is 1. The first kappa shape index (κ1) is 21.4. The van der Waals surface area contributed by atoms with Crippen LogP contribution in [0.2, 0.25) is 0 Å². The summed E-state index contributed by atoms with van der Waals surface area (Å²) in [6.45, 7) is 1.07. The second kappa shape index (κ2) is 8.83. The number of carbonyl (C=O) groups excluding carboxylic acids is 2. The van der Waals surface area contributed by atoms with Gasteiger partial charge < -0.3 is 14.8 Å². The van der Waals surface area contributed by atoms with Crippen molar-refractivity contribution in [3.8, 4) is 6.07 Å². The first-order valence-electron chi connectivity index (χ1n) is 11.2. The molecule has 1 aliphatic carbocycles. The third-order valence-corrected chi connectivity index (χ3v) is 7.73. The maximum absolute atomic E-state index is 12.9. The Kier molecular flexibility index (Phi) is 5.73. The van der Waals surface area contributed by atoms with Crippen LogP contribution in [0.5, 0.6) is 0 Å². The molecule has 0 bridgehead atoms. The van der Waals surface area contributed by atoms with Gasteiger partial charge in [-0.3, -0.25) is 9.59 Å². The highest BCUT2D eigenvalue weighted by Crippen LogP contribution is 2.48. The molecule has 1 N–H and O–H groups in total. The molecule has 2 aromatic heterocycles. The van der Waals surface area contributed by atoms with Gasteiger partial charge in [0.2, 0.25) is 11.8 Å². The molecule has 1 saturated carbocycles. The zero-order chi connectivity index (χ0) is 22.9. The minimum absolute atomic E-state index is 0.0260. The molecule has 0 radical (unpaired) electrons. The molecule has 3 aromatic rings. The molecule has 5 rings (SSSR count). The maximum Gasteiger partial charge on any atom is 0.228 e. The molecule has 2 aliphatic rings. The molecular weight excluding hydrogens is 434 g/mol. The van der Waals surface area contributed by atoms with E-state index in [9.17, 15) is 14.9 Å². The van der Waals surface area contributed by atoms with E-state index in [0.29, 0.717) is 42.9 Å². The SMILES string of the molecule is Cn1ccnc1CCC(=O)N1CCc2c(sc(NC(=O)[C@@H]3C[C@@H]3c3ccccc3)c2C#N)C1. The van der Waals surface area contributed by atoms with Crippen molar-refractivity contribution < 1.29 is 9.59 Å². The molecule has 1 fully saturated rings. The van der Waals surface area contributed by atoms with Crippen LogP contribution in [0.1, 0.15) is 46.2 Å². The highest BCUT2D eigenvalue weighted by molar-refractivity contribution is 7.16. The van der Waals surface area contributed by atoms with Crippen LogP contribution < -0.4 is 5.32 Å². The predicted octanol–water partition coefficient (Wildman–Crippen LogP) is 3.61. The predicted molar refractivity (Wildman–Crippen MR) is 126 cm³/mol. The van der Waals surface area contributed by atoms with E-state index in [2.05, 4.69) is 28.5 Å². The van der Waals surface area contributed by atoms with Gasteiger partial charge in [0.15, 0.2) is 0 Å². The number of amides is 2. The largest absolute Gasteiger partial charge is 0.338 e. The van der Waals surface area contributed by atoms with Gasteiger partial charge in [0, 0.05) is 49.6 Å². The average molecular weight is 460 g/mol. The first-order chi connectivity index (χ1) is 16.0. The molecule has 7 nitrogen and oxygen atoms in total. The van der Waals surface area contributed by atoms with Gasteiger partial charge in [-0.15, -0.1) is 11.3 Å². The summed E-state index contributed by atoms with van der Waals surface area (Å²) in [5.74, 6) is 1.15. The van der Waals surface area contributed by atoms with Crippen molar-refractivity contribution in [1.82, 2.24) is 14.5 Å². The van der Waals surface area contributed by atoms with E-state index in [-0.39, 0.29) is 23.7 Å². The van der Waals surface area contributed by atoms with Crippen LogP contribution >= 0.6 is 11.3 Å². The molecule has 0 saturated heterocycles. The summed E-state index contributed by atoms with van der Waals surface area (Å²) in [6.07, 6.45) is 6.09. The van der Waals surface area contributed by atoms with Crippen molar-refractivity contribution >= 4 is 28.2 Å². The van der Waals surface area contributed by atoms with Crippen LogP contribution in [0, 0.1) is 17.2 Å². The van der Waals surface area contributed by atoms with Crippen molar-refractivity contribution in [3.63, 3.8) is 0 Å². The molecule has 0 unspecified atom stereocenters. The lowest BCUT2D eigenvalue weighted by atomic mass is 10.0. The van der Waals surface area contributed by atoms with Crippen LogP contribution in [0.3, 0.4) is 0 Å². The smallest absolute Gasteiger partial charge is 0.228 e. The lowest BCUT2D eigenvalue weighted by Gasteiger charge is -2.27. The van der Waals surface area contributed by atoms with Crippen molar-refractivity contribution in [1.29, 1.82) is 5.26 Å². The van der Waals surface area contributed by atoms with Crippen molar-refractivity contribution in [2.45, 2.75) is 38.1 Å². The average Bonchev–Trinajstić information content (AvgIpc) is 3.42. The number of benzene rings is 1. The zero-order valence-corrected chi connectivity index (χ0v) is 19.3. The van der Waals surface area contributed by atoms with Crippen LogP contribution in [0.25, 0.3) is 0 Å². The summed E-state index contributed by atoms with van der Waals surface area (Å²) in [7, 11) is 1.93. The van der Waals surface area contributed by atoms with Crippen molar-refractivity contribution in [3.05, 3.63) is 70.1 Å². The number of rotatable bonds is 6. The Balaban J connectivity index is 1.24. The Bertz CT molecular complexity index is 1240. The summed E-state index contributed by atoms with van der Waals surface area (Å²) < 4.78 is 1.93. The molecular formula is C25H25N5O2S. The Morgan fingerprint density at radius 2 is 2.12 bits per heavy atom. The van der Waals surface area contributed by atoms with E-state index in [1.807, 2.05) is 40.9 Å². The van der Waals surface area contributed by atoms with E-state index in [0.717, 1.165) is 22.7 Å². The van der Waals surface area contributed by atoms with E-state index in [4.69, 9.17) is 0 Å². The minimum atomic E-state index is -0.0535. The van der Waals surface area contributed by atoms with E-state index in [1.165, 1.54) is 16.9 Å². The summed E-state index contributed by atoms with van der Waals surface area (Å²) in [4.78, 5) is 32.8. The van der Waals surface area contributed by atoms with Gasteiger partial charge >= 0.3 is 0 Å². The molecule has 3 heterocycles. The first-order valence-corrected chi connectivity index (χ1v) is 12.0. The van der Waals surface area contributed by atoms with Gasteiger partial charge in [0.05, 0.1) is 12.1 Å². The molecule has 33 heavy (non-hydrogen) atoms. The van der Waals surface area contributed by atoms with Crippen LogP contribution in [0.4, 0.5) is 5.00 Å². The Morgan fingerprint density at radius 1 is 1.30 bits per heavy atom. The fourth-order valence-corrected chi connectivity index (χ4v) is 5.81. The number of imidazole rings is 1. The van der Waals surface area contributed by atoms with Crippen LogP contribution in [-0.2, 0) is 36.0 Å². The van der Waals surface area contributed by atoms with Gasteiger partial charge in [0.25, 0.3) is 0 Å². The van der Waals surface area contributed by atoms with Crippen LogP contribution in [-0.4, -0.2) is 32.8 Å². The molecule has 1 aromatic carbocycles. The molecule has 1 aliphatic heterocycles. The molecule has 8 heteroatoms. The van der Waals surface area contributed by atoms with Crippen LogP contribution in [0.15, 0.2) is 42.7 Å². The summed E-state index contributed by atoms with van der Waals surface area (Å²) in [5, 5.41) is 13.4. The quantitative estimate of drug-likeness (QED) is 0.610. The Hall–Kier alpha value is -3.44. The fourth-order valence-electron chi connectivity index (χ4n) is 4.59. The summed E-state index contributed by atoms with van der Waals surface area (Å²) in [5.41, 5.74) is 2.71. The van der Waals surface area contributed by atoms with E-state index in [1.54, 1.807) is 6.20 Å². The Labute approximate surface area is 196 Å². The lowest BCUT2D eigenvalue weighted by molar-refractivity contribution is -0.132. The fraction of sp³-hybridized carbons (Fsp3) is 0.360. The highest BCUT2D eigenvalue weighted by atomic mass is 32.1. The number of anilines is 1. The summed E-state index contributed by atoms with van der Waals surface area (Å²) in [6, 6.07) is 12.4. The molecule has 2 atom stereocenters. The Morgan fingerprint density at radius 3 is 2.85 bits per heavy atom. The van der Waals surface area contributed by atoms with E-state index < -0.39 is 0 Å². The second-order valence-corrected chi connectivity index (χ2v) is 9.79. The van der Waals surface area contributed by atoms with Gasteiger partial charge in [-0.2, -0.15) is 5.26 Å². The highest BCUT2D eigenvalue weighted by Gasteiger charge is 2.44. The molecule has 168 valence electrons. The number of aromatic nitrogens is 2. The number of nitriles is 1. The summed E-state index contributed by atoms with van der Waals surface area (Å²) >= 11 is 1.43. The van der Waals surface area contributed by atoms with Crippen molar-refractivity contribution in [2.75, 3.05) is 11.9 Å². The molecule has 2 amide bonds. The third kappa shape index (κ3) is 4.29. The molecule has 0 spiro atoms. The number of fused-ring (bicyclic) bond motifs is 1. The third-order valence-electron chi connectivity index (χ3n) is 6.60. The van der Waals surface area contributed by atoms with Gasteiger partial charge in [-0.05, 0) is 29.9 Å². The van der Waals surface area contributed by atoms with E-state index >= 15 is 0 Å². The number of carbonyl (C=O) groups is 2. The van der Waals surface area contributed by atoms with Gasteiger partial charge in [-0.25, -0.2) is 4.98 Å². The monoisotopic (exact) mass is 459 g/mol. The number of hydrogen-bond acceptors (Lipinski definition) is 5. The van der Waals surface area contributed by atoms with Gasteiger partial charge in [-0.1, -0.05) is 30.3 Å². The number of nitrogens with zero attached hydrogens (tertiary/aromatic N) is 4. The van der Waals surface area contributed by atoms with Gasteiger partial charge in [0.1, 0.15) is 16.9 Å². The topological polar surface area (TPSA) is 91.0 Å². The lowest BCUT2D eigenvalue weighted by Crippen LogP contribution is -2.35. The maximum atomic E-state index is 12.9. The standard InChI is InChI=1S/C25H25N5O2S/c1-29-12-10-27-22(29)7-8-23(31)30-11-9-17-20(14-26)25(33-21(17)15-30)28-24(32)19-13-18(19)16-5-3-2-4-6-16/h2-6,10,12,18-19H,7-9,11,13,15H2,1H3,(H,28,32)/t18-,19-/m1/s1. The normalized spacial score (nSPS) is 19.0. The number of hydrogen-bond donors (Lipinski definition) is 1.